The van der Waals surface area contributed by atoms with Crippen LogP contribution >= 0.6 is 34.4 Å². The highest BCUT2D eigenvalue weighted by molar-refractivity contribution is 7.98. The second kappa shape index (κ2) is 7.96. The molecule has 2 aliphatic rings. The average Bonchev–Trinajstić information content (AvgIpc) is 3.58. The Bertz CT molecular complexity index is 1260. The number of aromatic nitrogens is 4. The number of aryl methyl sites for hydroxylation is 1. The van der Waals surface area contributed by atoms with Gasteiger partial charge in [0.25, 0.3) is 0 Å². The molecule has 1 aromatic carbocycles. The van der Waals surface area contributed by atoms with Gasteiger partial charge in [-0.1, -0.05) is 11.8 Å². The van der Waals surface area contributed by atoms with Crippen LogP contribution < -0.4 is 9.47 Å². The number of hydrogen-bond donors (Lipinski definition) is 0. The van der Waals surface area contributed by atoms with Gasteiger partial charge in [-0.2, -0.15) is 0 Å². The van der Waals surface area contributed by atoms with E-state index in [1.165, 1.54) is 35.3 Å². The molecule has 1 aliphatic carbocycles. The van der Waals surface area contributed by atoms with Crippen molar-refractivity contribution in [2.75, 3.05) is 6.79 Å². The molecule has 6 nitrogen and oxygen atoms in total. The van der Waals surface area contributed by atoms with Crippen LogP contribution in [0, 0.1) is 0 Å². The Morgan fingerprint density at radius 3 is 2.94 bits per heavy atom. The molecule has 0 N–H and O–H groups in total. The van der Waals surface area contributed by atoms with Crippen LogP contribution in [0.1, 0.15) is 29.0 Å². The molecule has 0 fully saturated rings. The topological polar surface area (TPSA) is 62.1 Å². The first-order chi connectivity index (χ1) is 15.3. The molecule has 4 aromatic rings. The molecule has 1 aliphatic heterocycles. The molecule has 0 spiro atoms. The molecule has 31 heavy (non-hydrogen) atoms. The van der Waals surface area contributed by atoms with Gasteiger partial charge in [0.2, 0.25) is 6.79 Å². The van der Waals surface area contributed by atoms with Crippen LogP contribution in [0.2, 0.25) is 0 Å². The van der Waals surface area contributed by atoms with E-state index in [0.29, 0.717) is 0 Å². The van der Waals surface area contributed by atoms with Crippen LogP contribution in [0.4, 0.5) is 0 Å². The zero-order chi connectivity index (χ0) is 20.8. The maximum absolute atomic E-state index is 5.49. The summed E-state index contributed by atoms with van der Waals surface area (Å²) < 4.78 is 13.0. The van der Waals surface area contributed by atoms with Gasteiger partial charge in [0.1, 0.15) is 5.01 Å². The quantitative estimate of drug-likeness (QED) is 0.357. The molecule has 0 bridgehead atoms. The van der Waals surface area contributed by atoms with Crippen molar-refractivity contribution < 1.29 is 9.47 Å². The second-order valence-corrected chi connectivity index (χ2v) is 10.4. The van der Waals surface area contributed by atoms with E-state index >= 15 is 0 Å². The van der Waals surface area contributed by atoms with Gasteiger partial charge in [-0.15, -0.1) is 32.9 Å². The molecule has 0 saturated heterocycles. The largest absolute Gasteiger partial charge is 0.454 e. The highest BCUT2D eigenvalue weighted by atomic mass is 32.2. The third-order valence-corrected chi connectivity index (χ3v) is 8.74. The first kappa shape index (κ1) is 19.3. The zero-order valence-electron chi connectivity index (χ0n) is 17.0. The maximum atomic E-state index is 5.49. The summed E-state index contributed by atoms with van der Waals surface area (Å²) in [7, 11) is 2.06. The number of thiophene rings is 1. The Morgan fingerprint density at radius 1 is 1.06 bits per heavy atom. The Morgan fingerprint density at radius 2 is 1.97 bits per heavy atom. The van der Waals surface area contributed by atoms with Crippen molar-refractivity contribution in [1.82, 2.24) is 19.7 Å². The van der Waals surface area contributed by atoms with E-state index in [4.69, 9.17) is 14.5 Å². The van der Waals surface area contributed by atoms with E-state index in [-0.39, 0.29) is 6.79 Å². The number of hydrogen-bond acceptors (Lipinski definition) is 8. The van der Waals surface area contributed by atoms with Gasteiger partial charge >= 0.3 is 0 Å². The van der Waals surface area contributed by atoms with Gasteiger partial charge in [0.15, 0.2) is 22.5 Å². The summed E-state index contributed by atoms with van der Waals surface area (Å²) in [6.07, 6.45) is 4.93. The van der Waals surface area contributed by atoms with Crippen LogP contribution in [0.5, 0.6) is 11.5 Å². The van der Waals surface area contributed by atoms with E-state index in [2.05, 4.69) is 32.6 Å². The third-order valence-electron chi connectivity index (χ3n) is 5.66. The van der Waals surface area contributed by atoms with Crippen LogP contribution in [0.15, 0.2) is 34.1 Å². The number of ether oxygens (including phenoxy) is 2. The van der Waals surface area contributed by atoms with Crippen molar-refractivity contribution in [2.24, 2.45) is 7.05 Å². The molecule has 0 amide bonds. The van der Waals surface area contributed by atoms with Gasteiger partial charge in [0.05, 0.1) is 5.69 Å². The lowest BCUT2D eigenvalue weighted by molar-refractivity contribution is 0.174. The minimum absolute atomic E-state index is 0.284. The van der Waals surface area contributed by atoms with Gasteiger partial charge < -0.3 is 14.0 Å². The molecule has 0 saturated carbocycles. The standard InChI is InChI=1S/C22H20N4O2S3/c1-26-20(16-11-29-19-5-3-2-4-15(16)19)24-25-22(26)31-10-14-9-30-21(23-14)13-6-7-17-18(8-13)28-12-27-17/h6-9,11H,2-5,10,12H2,1H3. The van der Waals surface area contributed by atoms with Crippen LogP contribution in [0.3, 0.4) is 0 Å². The Hall–Kier alpha value is -2.36. The fraction of sp³-hybridized carbons (Fsp3) is 0.318. The van der Waals surface area contributed by atoms with Gasteiger partial charge in [-0.25, -0.2) is 4.98 Å². The average molecular weight is 469 g/mol. The highest BCUT2D eigenvalue weighted by Crippen LogP contribution is 2.38. The predicted octanol–water partition coefficient (Wildman–Crippen LogP) is 5.57. The van der Waals surface area contributed by atoms with Crippen molar-refractivity contribution in [1.29, 1.82) is 0 Å². The summed E-state index contributed by atoms with van der Waals surface area (Å²) in [5.41, 5.74) is 4.84. The summed E-state index contributed by atoms with van der Waals surface area (Å²) in [4.78, 5) is 6.34. The summed E-state index contributed by atoms with van der Waals surface area (Å²) in [6, 6.07) is 5.96. The number of rotatable bonds is 5. The molecule has 9 heteroatoms. The lowest BCUT2D eigenvalue weighted by Gasteiger charge is -2.12. The first-order valence-corrected chi connectivity index (χ1v) is 13.0. The molecule has 0 unspecified atom stereocenters. The fourth-order valence-corrected chi connectivity index (χ4v) is 6.88. The molecule has 0 atom stereocenters. The number of thiazole rings is 1. The van der Waals surface area contributed by atoms with Crippen molar-refractivity contribution in [2.45, 2.75) is 36.6 Å². The summed E-state index contributed by atoms with van der Waals surface area (Å²) in [5, 5.41) is 15.3. The lowest BCUT2D eigenvalue weighted by atomic mass is 9.96. The number of thioether (sulfide) groups is 1. The highest BCUT2D eigenvalue weighted by Gasteiger charge is 2.21. The fourth-order valence-electron chi connectivity index (χ4n) is 4.03. The molecule has 158 valence electrons. The second-order valence-electron chi connectivity index (χ2n) is 7.62. The minimum Gasteiger partial charge on any atom is -0.454 e. The molecular formula is C22H20N4O2S3. The summed E-state index contributed by atoms with van der Waals surface area (Å²) in [6.45, 7) is 0.284. The van der Waals surface area contributed by atoms with E-state index in [1.807, 2.05) is 29.5 Å². The predicted molar refractivity (Wildman–Crippen MR) is 124 cm³/mol. The Balaban J connectivity index is 1.18. The number of nitrogens with zero attached hydrogens (tertiary/aromatic N) is 4. The number of fused-ring (bicyclic) bond motifs is 2. The van der Waals surface area contributed by atoms with Gasteiger partial charge in [-0.3, -0.25) is 0 Å². The van der Waals surface area contributed by atoms with E-state index in [9.17, 15) is 0 Å². The molecule has 6 rings (SSSR count). The normalized spacial score (nSPS) is 14.7. The number of benzene rings is 1. The van der Waals surface area contributed by atoms with Crippen molar-refractivity contribution in [3.05, 3.63) is 45.1 Å². The minimum atomic E-state index is 0.284. The zero-order valence-corrected chi connectivity index (χ0v) is 19.4. The Kier molecular flexibility index (Phi) is 4.96. The third kappa shape index (κ3) is 3.54. The molecule has 4 heterocycles. The first-order valence-electron chi connectivity index (χ1n) is 10.2. The van der Waals surface area contributed by atoms with E-state index in [1.54, 1.807) is 23.1 Å². The molecule has 0 radical (unpaired) electrons. The monoisotopic (exact) mass is 468 g/mol. The summed E-state index contributed by atoms with van der Waals surface area (Å²) in [5.74, 6) is 3.31. The van der Waals surface area contributed by atoms with Crippen LogP contribution in [-0.2, 0) is 25.6 Å². The van der Waals surface area contributed by atoms with Crippen LogP contribution in [0.25, 0.3) is 22.0 Å². The lowest BCUT2D eigenvalue weighted by Crippen LogP contribution is -2.02. The van der Waals surface area contributed by atoms with E-state index in [0.717, 1.165) is 50.9 Å². The maximum Gasteiger partial charge on any atom is 0.231 e. The van der Waals surface area contributed by atoms with Crippen molar-refractivity contribution >= 4 is 34.4 Å². The SMILES string of the molecule is Cn1c(SCc2csc(-c3ccc4c(c3)OCO4)n2)nnc1-c1csc2c1CCCC2. The molecule has 3 aromatic heterocycles. The van der Waals surface area contributed by atoms with Crippen LogP contribution in [-0.4, -0.2) is 26.5 Å². The van der Waals surface area contributed by atoms with Gasteiger partial charge in [0, 0.05) is 39.6 Å². The smallest absolute Gasteiger partial charge is 0.231 e. The van der Waals surface area contributed by atoms with E-state index < -0.39 is 0 Å². The summed E-state index contributed by atoms with van der Waals surface area (Å²) >= 11 is 5.19. The molecular weight excluding hydrogens is 448 g/mol. The Labute approximate surface area is 192 Å². The van der Waals surface area contributed by atoms with Crippen molar-refractivity contribution in [3.63, 3.8) is 0 Å². The van der Waals surface area contributed by atoms with Crippen molar-refractivity contribution in [3.8, 4) is 33.5 Å². The van der Waals surface area contributed by atoms with Gasteiger partial charge in [-0.05, 0) is 49.4 Å².